The van der Waals surface area contributed by atoms with E-state index < -0.39 is 0 Å². The van der Waals surface area contributed by atoms with Gasteiger partial charge in [-0.25, -0.2) is 0 Å². The van der Waals surface area contributed by atoms with Crippen LogP contribution in [0, 0.1) is 29.6 Å². The molecule has 0 bridgehead atoms. The van der Waals surface area contributed by atoms with Gasteiger partial charge < -0.3 is 18.9 Å². The van der Waals surface area contributed by atoms with E-state index in [4.69, 9.17) is 18.9 Å². The molecule has 0 aliphatic rings. The molecule has 0 fully saturated rings. The first-order valence-electron chi connectivity index (χ1n) is 13.3. The van der Waals surface area contributed by atoms with E-state index in [-0.39, 0.29) is 0 Å². The number of ether oxygens (including phenoxy) is 4. The van der Waals surface area contributed by atoms with Gasteiger partial charge in [0, 0.05) is 18.4 Å². The van der Waals surface area contributed by atoms with Crippen molar-refractivity contribution in [1.82, 2.24) is 0 Å². The van der Waals surface area contributed by atoms with Crippen molar-refractivity contribution in [3.8, 4) is 0 Å². The van der Waals surface area contributed by atoms with Crippen molar-refractivity contribution >= 4 is 0 Å². The molecule has 4 nitrogen and oxygen atoms in total. The smallest absolute Gasteiger partial charge is 0.0898 e. The van der Waals surface area contributed by atoms with Crippen molar-refractivity contribution in [3.05, 3.63) is 11.8 Å². The van der Waals surface area contributed by atoms with Crippen LogP contribution in [0.25, 0.3) is 0 Å². The molecule has 0 aliphatic carbocycles. The summed E-state index contributed by atoms with van der Waals surface area (Å²) in [5, 5.41) is 0. The van der Waals surface area contributed by atoms with E-state index in [0.29, 0.717) is 36.9 Å². The molecule has 32 heavy (non-hydrogen) atoms. The van der Waals surface area contributed by atoms with Gasteiger partial charge in [-0.1, -0.05) is 74.1 Å². The van der Waals surface area contributed by atoms with Crippen LogP contribution in [-0.2, 0) is 18.9 Å². The molecule has 0 radical (unpaired) electrons. The fraction of sp³-hybridized carbons (Fsp3) is 0.929. The topological polar surface area (TPSA) is 36.9 Å². The predicted octanol–water partition coefficient (Wildman–Crippen LogP) is 7.52. The van der Waals surface area contributed by atoms with Gasteiger partial charge in [0.1, 0.15) is 0 Å². The van der Waals surface area contributed by atoms with Gasteiger partial charge in [-0.15, -0.1) is 0 Å². The highest BCUT2D eigenvalue weighted by Crippen LogP contribution is 2.15. The largest absolute Gasteiger partial charge is 0.501 e. The zero-order valence-corrected chi connectivity index (χ0v) is 22.8. The standard InChI is InChI=1S/C28H56O4/c1-9-23(4)13-12-14-25(6)16-29-17-26(7)18-30-19-27(8)20-32-22-28(11-3)21-31-15-24(5)10-2/h17,23-25,27-28H,9-16,18-22H2,1-8H3/b26-17+. The van der Waals surface area contributed by atoms with Crippen molar-refractivity contribution in [2.75, 3.05) is 46.2 Å². The van der Waals surface area contributed by atoms with E-state index in [2.05, 4.69) is 55.4 Å². The summed E-state index contributed by atoms with van der Waals surface area (Å²) in [5.74, 6) is 2.95. The summed E-state index contributed by atoms with van der Waals surface area (Å²) < 4.78 is 23.4. The first-order valence-corrected chi connectivity index (χ1v) is 13.3. The molecule has 0 amide bonds. The van der Waals surface area contributed by atoms with Crippen LogP contribution in [0.5, 0.6) is 0 Å². The molecule has 4 heteroatoms. The van der Waals surface area contributed by atoms with Crippen molar-refractivity contribution in [3.63, 3.8) is 0 Å². The van der Waals surface area contributed by atoms with Crippen molar-refractivity contribution in [2.24, 2.45) is 29.6 Å². The molecule has 0 rings (SSSR count). The van der Waals surface area contributed by atoms with Crippen LogP contribution in [-0.4, -0.2) is 46.2 Å². The van der Waals surface area contributed by atoms with E-state index in [1.807, 2.05) is 6.26 Å². The Morgan fingerprint density at radius 3 is 1.78 bits per heavy atom. The predicted molar refractivity (Wildman–Crippen MR) is 137 cm³/mol. The van der Waals surface area contributed by atoms with Gasteiger partial charge in [0.2, 0.25) is 0 Å². The SMILES string of the molecule is CCC(C)CCCC(C)CO/C=C(\C)COCC(C)COCC(CC)COCC(C)CC. The fourth-order valence-corrected chi connectivity index (χ4v) is 3.23. The zero-order chi connectivity index (χ0) is 24.2. The number of hydrogen-bond donors (Lipinski definition) is 0. The number of hydrogen-bond acceptors (Lipinski definition) is 4. The van der Waals surface area contributed by atoms with E-state index in [1.165, 1.54) is 32.1 Å². The van der Waals surface area contributed by atoms with E-state index in [1.54, 1.807) is 0 Å². The Morgan fingerprint density at radius 2 is 1.19 bits per heavy atom. The molecule has 0 aliphatic heterocycles. The summed E-state index contributed by atoms with van der Waals surface area (Å²) in [6.07, 6.45) is 9.29. The lowest BCUT2D eigenvalue weighted by Gasteiger charge is -2.19. The zero-order valence-electron chi connectivity index (χ0n) is 22.8. The summed E-state index contributed by atoms with van der Waals surface area (Å²) in [6.45, 7) is 23.1. The summed E-state index contributed by atoms with van der Waals surface area (Å²) in [7, 11) is 0. The molecule has 0 heterocycles. The molecule has 5 unspecified atom stereocenters. The minimum Gasteiger partial charge on any atom is -0.501 e. The van der Waals surface area contributed by atoms with Crippen molar-refractivity contribution in [1.29, 1.82) is 0 Å². The molecule has 192 valence electrons. The molecule has 0 aromatic heterocycles. The van der Waals surface area contributed by atoms with Crippen LogP contribution in [0.1, 0.15) is 93.9 Å². The molecular formula is C28H56O4. The van der Waals surface area contributed by atoms with E-state index >= 15 is 0 Å². The second kappa shape index (κ2) is 21.0. The van der Waals surface area contributed by atoms with Gasteiger partial charge in [-0.3, -0.25) is 0 Å². The van der Waals surface area contributed by atoms with Crippen LogP contribution in [0.4, 0.5) is 0 Å². The number of rotatable bonds is 22. The van der Waals surface area contributed by atoms with Gasteiger partial charge in [-0.05, 0) is 43.1 Å². The molecule has 0 saturated heterocycles. The quantitative estimate of drug-likeness (QED) is 0.158. The maximum atomic E-state index is 5.94. The van der Waals surface area contributed by atoms with E-state index in [0.717, 1.165) is 50.9 Å². The second-order valence-corrected chi connectivity index (χ2v) is 10.3. The molecule has 0 aromatic carbocycles. The Bertz CT molecular complexity index is 437. The Morgan fingerprint density at radius 1 is 0.625 bits per heavy atom. The third-order valence-electron chi connectivity index (χ3n) is 6.27. The van der Waals surface area contributed by atoms with E-state index in [9.17, 15) is 0 Å². The average molecular weight is 457 g/mol. The normalized spacial score (nSPS) is 17.1. The van der Waals surface area contributed by atoms with Crippen LogP contribution in [0.15, 0.2) is 11.8 Å². The summed E-state index contributed by atoms with van der Waals surface area (Å²) in [5.41, 5.74) is 1.13. The fourth-order valence-electron chi connectivity index (χ4n) is 3.23. The first kappa shape index (κ1) is 31.4. The first-order chi connectivity index (χ1) is 15.3. The Hall–Kier alpha value is -0.580. The minimum absolute atomic E-state index is 0.382. The summed E-state index contributed by atoms with van der Waals surface area (Å²) in [6, 6.07) is 0. The lowest BCUT2D eigenvalue weighted by molar-refractivity contribution is 0.00615. The van der Waals surface area contributed by atoms with Gasteiger partial charge in [0.25, 0.3) is 0 Å². The summed E-state index contributed by atoms with van der Waals surface area (Å²) in [4.78, 5) is 0. The third kappa shape index (κ3) is 18.9. The Labute approximate surface area is 200 Å². The van der Waals surface area contributed by atoms with Crippen LogP contribution >= 0.6 is 0 Å². The molecule has 5 atom stereocenters. The van der Waals surface area contributed by atoms with Crippen molar-refractivity contribution < 1.29 is 18.9 Å². The Kier molecular flexibility index (Phi) is 20.6. The minimum atomic E-state index is 0.382. The van der Waals surface area contributed by atoms with Gasteiger partial charge in [0.15, 0.2) is 0 Å². The molecule has 0 aromatic rings. The Balaban J connectivity index is 3.80. The lowest BCUT2D eigenvalue weighted by Crippen LogP contribution is -2.21. The molecular weight excluding hydrogens is 400 g/mol. The highest BCUT2D eigenvalue weighted by molar-refractivity contribution is 4.93. The second-order valence-electron chi connectivity index (χ2n) is 10.3. The highest BCUT2D eigenvalue weighted by Gasteiger charge is 2.10. The van der Waals surface area contributed by atoms with Gasteiger partial charge >= 0.3 is 0 Å². The maximum absolute atomic E-state index is 5.94. The molecule has 0 N–H and O–H groups in total. The van der Waals surface area contributed by atoms with Crippen LogP contribution < -0.4 is 0 Å². The lowest BCUT2D eigenvalue weighted by atomic mass is 9.97. The van der Waals surface area contributed by atoms with Crippen LogP contribution in [0.2, 0.25) is 0 Å². The highest BCUT2D eigenvalue weighted by atomic mass is 16.5. The molecule has 0 spiro atoms. The van der Waals surface area contributed by atoms with Crippen molar-refractivity contribution in [2.45, 2.75) is 93.9 Å². The van der Waals surface area contributed by atoms with Gasteiger partial charge in [0.05, 0.1) is 45.9 Å². The van der Waals surface area contributed by atoms with Crippen LogP contribution in [0.3, 0.4) is 0 Å². The van der Waals surface area contributed by atoms with Gasteiger partial charge in [-0.2, -0.15) is 0 Å². The third-order valence-corrected chi connectivity index (χ3v) is 6.27. The summed E-state index contributed by atoms with van der Waals surface area (Å²) >= 11 is 0. The monoisotopic (exact) mass is 456 g/mol. The average Bonchev–Trinajstić information content (AvgIpc) is 2.77. The maximum Gasteiger partial charge on any atom is 0.0898 e. The molecule has 0 saturated carbocycles.